The summed E-state index contributed by atoms with van der Waals surface area (Å²) >= 11 is 0. The van der Waals surface area contributed by atoms with Gasteiger partial charge >= 0.3 is 0 Å². The first-order valence-corrected chi connectivity index (χ1v) is 5.96. The minimum Gasteiger partial charge on any atom is -0.496 e. The van der Waals surface area contributed by atoms with Crippen LogP contribution in [0, 0.1) is 24.1 Å². The Morgan fingerprint density at radius 2 is 1.95 bits per heavy atom. The van der Waals surface area contributed by atoms with E-state index >= 15 is 0 Å². The number of nitriles is 1. The molecule has 0 amide bonds. The van der Waals surface area contributed by atoms with Gasteiger partial charge in [-0.3, -0.25) is 0 Å². The lowest BCUT2D eigenvalue weighted by molar-refractivity contribution is 0.415. The van der Waals surface area contributed by atoms with Crippen molar-refractivity contribution in [2.24, 2.45) is 0 Å². The standard InChI is InChI=1S/C16H14FNO/c1-11-3-6-15(17)14(9-11)13-5-4-12(7-8-18)10-16(13)19-2/h3-6,9-10H,7H2,1-2H3. The maximum absolute atomic E-state index is 13.9. The summed E-state index contributed by atoms with van der Waals surface area (Å²) in [6, 6.07) is 12.5. The number of rotatable bonds is 3. The molecule has 2 aromatic rings. The van der Waals surface area contributed by atoms with E-state index in [2.05, 4.69) is 6.07 Å². The van der Waals surface area contributed by atoms with Crippen LogP contribution in [0.2, 0.25) is 0 Å². The van der Waals surface area contributed by atoms with Crippen LogP contribution in [-0.4, -0.2) is 7.11 Å². The maximum atomic E-state index is 13.9. The third kappa shape index (κ3) is 2.74. The summed E-state index contributed by atoms with van der Waals surface area (Å²) in [7, 11) is 1.54. The molecule has 0 unspecified atom stereocenters. The fourth-order valence-corrected chi connectivity index (χ4v) is 2.00. The average Bonchev–Trinajstić information content (AvgIpc) is 2.42. The topological polar surface area (TPSA) is 33.0 Å². The summed E-state index contributed by atoms with van der Waals surface area (Å²) in [5.41, 5.74) is 3.06. The number of methoxy groups -OCH3 is 1. The molecule has 0 aliphatic carbocycles. The molecule has 0 aliphatic heterocycles. The highest BCUT2D eigenvalue weighted by molar-refractivity contribution is 5.72. The summed E-state index contributed by atoms with van der Waals surface area (Å²) in [6.45, 7) is 1.92. The highest BCUT2D eigenvalue weighted by Crippen LogP contribution is 2.33. The maximum Gasteiger partial charge on any atom is 0.131 e. The third-order valence-electron chi connectivity index (χ3n) is 2.96. The van der Waals surface area contributed by atoms with Gasteiger partial charge in [-0.25, -0.2) is 4.39 Å². The Hall–Kier alpha value is -2.34. The number of nitrogens with zero attached hydrogens (tertiary/aromatic N) is 1. The van der Waals surface area contributed by atoms with Gasteiger partial charge in [0.05, 0.1) is 19.6 Å². The molecule has 0 heterocycles. The molecule has 0 N–H and O–H groups in total. The SMILES string of the molecule is COc1cc(CC#N)ccc1-c1cc(C)ccc1F. The molecule has 2 aromatic carbocycles. The summed E-state index contributed by atoms with van der Waals surface area (Å²) < 4.78 is 19.2. The lowest BCUT2D eigenvalue weighted by atomic mass is 9.99. The molecule has 0 bridgehead atoms. The van der Waals surface area contributed by atoms with Crippen molar-refractivity contribution in [3.63, 3.8) is 0 Å². The summed E-state index contributed by atoms with van der Waals surface area (Å²) in [6.07, 6.45) is 0.312. The predicted octanol–water partition coefficient (Wildman–Crippen LogP) is 3.88. The number of hydrogen-bond acceptors (Lipinski definition) is 2. The Morgan fingerprint density at radius 3 is 2.63 bits per heavy atom. The van der Waals surface area contributed by atoms with E-state index in [-0.39, 0.29) is 5.82 Å². The number of benzene rings is 2. The van der Waals surface area contributed by atoms with Crippen molar-refractivity contribution in [1.82, 2.24) is 0 Å². The van der Waals surface area contributed by atoms with Crippen molar-refractivity contribution < 1.29 is 9.13 Å². The molecule has 2 nitrogen and oxygen atoms in total. The fraction of sp³-hybridized carbons (Fsp3) is 0.188. The molecular formula is C16H14FNO. The first-order chi connectivity index (χ1) is 9.15. The van der Waals surface area contributed by atoms with E-state index in [4.69, 9.17) is 10.00 Å². The first kappa shape index (κ1) is 13.1. The molecule has 19 heavy (non-hydrogen) atoms. The lowest BCUT2D eigenvalue weighted by Crippen LogP contribution is -1.93. The van der Waals surface area contributed by atoms with Crippen molar-refractivity contribution in [3.05, 3.63) is 53.3 Å². The van der Waals surface area contributed by atoms with Crippen molar-refractivity contribution in [2.45, 2.75) is 13.3 Å². The van der Waals surface area contributed by atoms with Gasteiger partial charge < -0.3 is 4.74 Å². The minimum absolute atomic E-state index is 0.281. The molecule has 0 saturated carbocycles. The van der Waals surface area contributed by atoms with E-state index in [1.54, 1.807) is 31.4 Å². The number of hydrogen-bond donors (Lipinski definition) is 0. The summed E-state index contributed by atoms with van der Waals surface area (Å²) in [4.78, 5) is 0. The van der Waals surface area contributed by atoms with E-state index in [0.29, 0.717) is 23.3 Å². The van der Waals surface area contributed by atoms with Crippen molar-refractivity contribution in [3.8, 4) is 22.9 Å². The van der Waals surface area contributed by atoms with Crippen molar-refractivity contribution in [2.75, 3.05) is 7.11 Å². The molecule has 96 valence electrons. The molecule has 2 rings (SSSR count). The fourth-order valence-electron chi connectivity index (χ4n) is 2.00. The van der Waals surface area contributed by atoms with E-state index in [1.165, 1.54) is 6.07 Å². The normalized spacial score (nSPS) is 10.0. The average molecular weight is 255 g/mol. The Balaban J connectivity index is 2.56. The second kappa shape index (κ2) is 5.53. The van der Waals surface area contributed by atoms with Gasteiger partial charge in [0.2, 0.25) is 0 Å². The van der Waals surface area contributed by atoms with Gasteiger partial charge in [-0.05, 0) is 30.7 Å². The van der Waals surface area contributed by atoms with Gasteiger partial charge in [-0.15, -0.1) is 0 Å². The van der Waals surface area contributed by atoms with E-state index in [1.807, 2.05) is 13.0 Å². The zero-order valence-electron chi connectivity index (χ0n) is 10.9. The molecule has 0 atom stereocenters. The highest BCUT2D eigenvalue weighted by Gasteiger charge is 2.11. The first-order valence-electron chi connectivity index (χ1n) is 5.96. The third-order valence-corrected chi connectivity index (χ3v) is 2.96. The molecule has 0 aromatic heterocycles. The molecule has 0 radical (unpaired) electrons. The molecule has 0 fully saturated rings. The van der Waals surface area contributed by atoms with Crippen LogP contribution in [0.25, 0.3) is 11.1 Å². The van der Waals surface area contributed by atoms with E-state index < -0.39 is 0 Å². The Morgan fingerprint density at radius 1 is 1.16 bits per heavy atom. The minimum atomic E-state index is -0.281. The van der Waals surface area contributed by atoms with Crippen LogP contribution in [0.15, 0.2) is 36.4 Å². The molecule has 0 aliphatic rings. The molecule has 3 heteroatoms. The number of ether oxygens (including phenoxy) is 1. The van der Waals surface area contributed by atoms with Crippen LogP contribution in [0.5, 0.6) is 5.75 Å². The van der Waals surface area contributed by atoms with Crippen LogP contribution < -0.4 is 4.74 Å². The zero-order valence-corrected chi connectivity index (χ0v) is 10.9. The monoisotopic (exact) mass is 255 g/mol. The second-order valence-electron chi connectivity index (χ2n) is 4.35. The van der Waals surface area contributed by atoms with Crippen LogP contribution in [-0.2, 0) is 6.42 Å². The van der Waals surface area contributed by atoms with Gasteiger partial charge in [0.25, 0.3) is 0 Å². The largest absolute Gasteiger partial charge is 0.496 e. The van der Waals surface area contributed by atoms with Crippen LogP contribution in [0.1, 0.15) is 11.1 Å². The summed E-state index contributed by atoms with van der Waals surface area (Å²) in [5, 5.41) is 8.70. The van der Waals surface area contributed by atoms with Crippen molar-refractivity contribution in [1.29, 1.82) is 5.26 Å². The Labute approximate surface area is 112 Å². The number of halogens is 1. The smallest absolute Gasteiger partial charge is 0.131 e. The van der Waals surface area contributed by atoms with Crippen LogP contribution >= 0.6 is 0 Å². The summed E-state index contributed by atoms with van der Waals surface area (Å²) in [5.74, 6) is 0.300. The van der Waals surface area contributed by atoms with Gasteiger partial charge in [0.15, 0.2) is 0 Å². The zero-order chi connectivity index (χ0) is 13.8. The van der Waals surface area contributed by atoms with Crippen LogP contribution in [0.3, 0.4) is 0 Å². The Bertz CT molecular complexity index is 644. The molecule has 0 spiro atoms. The predicted molar refractivity (Wildman–Crippen MR) is 72.4 cm³/mol. The lowest BCUT2D eigenvalue weighted by Gasteiger charge is -2.11. The molecule has 0 saturated heterocycles. The number of aryl methyl sites for hydroxylation is 1. The quantitative estimate of drug-likeness (QED) is 0.834. The second-order valence-corrected chi connectivity index (χ2v) is 4.35. The van der Waals surface area contributed by atoms with Crippen molar-refractivity contribution >= 4 is 0 Å². The van der Waals surface area contributed by atoms with Gasteiger partial charge in [-0.1, -0.05) is 23.8 Å². The van der Waals surface area contributed by atoms with Gasteiger partial charge in [0, 0.05) is 11.1 Å². The highest BCUT2D eigenvalue weighted by atomic mass is 19.1. The van der Waals surface area contributed by atoms with Crippen LogP contribution in [0.4, 0.5) is 4.39 Å². The van der Waals surface area contributed by atoms with Gasteiger partial charge in [-0.2, -0.15) is 5.26 Å². The molecular weight excluding hydrogens is 241 g/mol. The van der Waals surface area contributed by atoms with E-state index in [0.717, 1.165) is 11.1 Å². The van der Waals surface area contributed by atoms with E-state index in [9.17, 15) is 4.39 Å². The van der Waals surface area contributed by atoms with Gasteiger partial charge in [0.1, 0.15) is 11.6 Å². The Kier molecular flexibility index (Phi) is 3.82.